The Morgan fingerprint density at radius 2 is 1.84 bits per heavy atom. The maximum Gasteiger partial charge on any atom is 0.130 e. The fraction of sp³-hybridized carbons (Fsp3) is 0.200. The van der Waals surface area contributed by atoms with E-state index < -0.39 is 0 Å². The Hall–Kier alpha value is -2.07. The van der Waals surface area contributed by atoms with E-state index in [2.05, 4.69) is 0 Å². The molecule has 3 nitrogen and oxygen atoms in total. The smallest absolute Gasteiger partial charge is 0.130 e. The minimum absolute atomic E-state index is 0.0639. The number of ether oxygens (including phenoxy) is 1. The molecule has 0 atom stereocenters. The zero-order chi connectivity index (χ0) is 13.7. The summed E-state index contributed by atoms with van der Waals surface area (Å²) in [6.07, 6.45) is 1.12. The van der Waals surface area contributed by atoms with Gasteiger partial charge in [0.05, 0.1) is 0 Å². The van der Waals surface area contributed by atoms with Gasteiger partial charge in [-0.2, -0.15) is 0 Å². The molecule has 4 heteroatoms. The molecule has 0 heterocycles. The highest BCUT2D eigenvalue weighted by atomic mass is 19.1. The van der Waals surface area contributed by atoms with E-state index in [9.17, 15) is 9.50 Å². The summed E-state index contributed by atoms with van der Waals surface area (Å²) < 4.78 is 18.6. The third kappa shape index (κ3) is 3.69. The quantitative estimate of drug-likeness (QED) is 0.869. The molecule has 19 heavy (non-hydrogen) atoms. The zero-order valence-corrected chi connectivity index (χ0v) is 10.3. The van der Waals surface area contributed by atoms with Crippen molar-refractivity contribution in [1.29, 1.82) is 0 Å². The summed E-state index contributed by atoms with van der Waals surface area (Å²) in [5, 5.41) is 18.5. The molecule has 0 saturated carbocycles. The summed E-state index contributed by atoms with van der Waals surface area (Å²) in [6, 6.07) is 10.7. The number of phenolic OH excluding ortho intramolecular Hbond substituents is 1. The van der Waals surface area contributed by atoms with Gasteiger partial charge in [0.1, 0.15) is 23.1 Å². The van der Waals surface area contributed by atoms with Crippen LogP contribution in [0.5, 0.6) is 17.2 Å². The molecule has 0 spiro atoms. The number of hydrogen-bond acceptors (Lipinski definition) is 3. The molecule has 2 N–H and O–H groups in total. The number of aromatic hydroxyl groups is 1. The molecule has 0 radical (unpaired) electrons. The van der Waals surface area contributed by atoms with Crippen molar-refractivity contribution in [3.05, 3.63) is 53.8 Å². The Balaban J connectivity index is 2.16. The van der Waals surface area contributed by atoms with Gasteiger partial charge in [0.2, 0.25) is 0 Å². The van der Waals surface area contributed by atoms with Gasteiger partial charge in [-0.15, -0.1) is 0 Å². The van der Waals surface area contributed by atoms with Crippen molar-refractivity contribution >= 4 is 0 Å². The van der Waals surface area contributed by atoms with E-state index in [1.54, 1.807) is 24.3 Å². The van der Waals surface area contributed by atoms with Crippen LogP contribution >= 0.6 is 0 Å². The lowest BCUT2D eigenvalue weighted by Gasteiger charge is -2.09. The molecule has 2 rings (SSSR count). The van der Waals surface area contributed by atoms with E-state index in [0.717, 1.165) is 0 Å². The number of aryl methyl sites for hydroxylation is 1. The van der Waals surface area contributed by atoms with Crippen molar-refractivity contribution in [3.8, 4) is 17.2 Å². The number of hydrogen-bond donors (Lipinski definition) is 2. The van der Waals surface area contributed by atoms with Crippen LogP contribution in [-0.4, -0.2) is 16.8 Å². The summed E-state index contributed by atoms with van der Waals surface area (Å²) in [5.74, 6) is 0.729. The van der Waals surface area contributed by atoms with Crippen LogP contribution in [0, 0.1) is 5.82 Å². The van der Waals surface area contributed by atoms with Crippen LogP contribution in [0.1, 0.15) is 12.0 Å². The molecule has 0 saturated heterocycles. The number of aliphatic hydroxyl groups is 1. The van der Waals surface area contributed by atoms with E-state index in [1.807, 2.05) is 0 Å². The van der Waals surface area contributed by atoms with Crippen LogP contribution in [-0.2, 0) is 6.42 Å². The fourth-order valence-corrected chi connectivity index (χ4v) is 1.76. The van der Waals surface area contributed by atoms with Gasteiger partial charge in [0, 0.05) is 12.7 Å². The first-order chi connectivity index (χ1) is 9.19. The highest BCUT2D eigenvalue weighted by molar-refractivity contribution is 5.41. The summed E-state index contributed by atoms with van der Waals surface area (Å²) in [7, 11) is 0. The van der Waals surface area contributed by atoms with E-state index in [-0.39, 0.29) is 18.2 Å². The molecule has 0 unspecified atom stereocenters. The average molecular weight is 262 g/mol. The Morgan fingerprint density at radius 1 is 1.05 bits per heavy atom. The number of benzene rings is 2. The molecule has 0 fully saturated rings. The number of aliphatic hydroxyl groups excluding tert-OH is 1. The van der Waals surface area contributed by atoms with Crippen LogP contribution in [0.2, 0.25) is 0 Å². The second-order valence-electron chi connectivity index (χ2n) is 4.18. The highest BCUT2D eigenvalue weighted by Gasteiger charge is 2.05. The Morgan fingerprint density at radius 3 is 2.58 bits per heavy atom. The number of halogens is 1. The molecule has 0 aliphatic rings. The van der Waals surface area contributed by atoms with Crippen molar-refractivity contribution < 1.29 is 19.3 Å². The Kier molecular flexibility index (Phi) is 4.36. The topological polar surface area (TPSA) is 49.7 Å². The minimum Gasteiger partial charge on any atom is -0.508 e. The summed E-state index contributed by atoms with van der Waals surface area (Å²) in [4.78, 5) is 0. The third-order valence-electron chi connectivity index (χ3n) is 2.69. The molecule has 0 amide bonds. The van der Waals surface area contributed by atoms with Crippen LogP contribution in [0.25, 0.3) is 0 Å². The Labute approximate surface area is 110 Å². The highest BCUT2D eigenvalue weighted by Crippen LogP contribution is 2.28. The largest absolute Gasteiger partial charge is 0.508 e. The summed E-state index contributed by atoms with van der Waals surface area (Å²) in [5.41, 5.74) is 0.697. The van der Waals surface area contributed by atoms with Crippen LogP contribution in [0.15, 0.2) is 42.5 Å². The lowest BCUT2D eigenvalue weighted by molar-refractivity contribution is 0.288. The van der Waals surface area contributed by atoms with Crippen LogP contribution in [0.3, 0.4) is 0 Å². The minimum atomic E-state index is -0.364. The average Bonchev–Trinajstić information content (AvgIpc) is 2.39. The van der Waals surface area contributed by atoms with Gasteiger partial charge < -0.3 is 14.9 Å². The lowest BCUT2D eigenvalue weighted by Crippen LogP contribution is -1.92. The van der Waals surface area contributed by atoms with Crippen molar-refractivity contribution in [1.82, 2.24) is 0 Å². The molecule has 2 aromatic carbocycles. The second kappa shape index (κ2) is 6.20. The predicted octanol–water partition coefficient (Wildman–Crippen LogP) is 3.25. The van der Waals surface area contributed by atoms with Crippen LogP contribution < -0.4 is 4.74 Å². The third-order valence-corrected chi connectivity index (χ3v) is 2.69. The number of rotatable bonds is 5. The van der Waals surface area contributed by atoms with Crippen molar-refractivity contribution in [2.45, 2.75) is 12.8 Å². The van der Waals surface area contributed by atoms with Gasteiger partial charge >= 0.3 is 0 Å². The first kappa shape index (κ1) is 13.4. The number of phenols is 1. The van der Waals surface area contributed by atoms with Gasteiger partial charge in [-0.05, 0) is 48.7 Å². The zero-order valence-electron chi connectivity index (χ0n) is 10.3. The van der Waals surface area contributed by atoms with E-state index in [0.29, 0.717) is 29.9 Å². The second-order valence-corrected chi connectivity index (χ2v) is 4.18. The summed E-state index contributed by atoms with van der Waals surface area (Å²) >= 11 is 0. The predicted molar refractivity (Wildman–Crippen MR) is 70.0 cm³/mol. The SMILES string of the molecule is OCCCc1cc(Oc2cccc(F)c2)ccc1O. The van der Waals surface area contributed by atoms with Crippen molar-refractivity contribution in [2.75, 3.05) is 6.61 Å². The standard InChI is InChI=1S/C15H15FO3/c16-12-4-1-5-13(10-12)19-14-6-7-15(18)11(9-14)3-2-8-17/h1,4-7,9-10,17-18H,2-3,8H2. The fourth-order valence-electron chi connectivity index (χ4n) is 1.76. The van der Waals surface area contributed by atoms with Gasteiger partial charge in [-0.1, -0.05) is 6.07 Å². The molecule has 0 bridgehead atoms. The van der Waals surface area contributed by atoms with Crippen LogP contribution in [0.4, 0.5) is 4.39 Å². The molecular formula is C15H15FO3. The van der Waals surface area contributed by atoms with Crippen molar-refractivity contribution in [2.24, 2.45) is 0 Å². The molecule has 0 aromatic heterocycles. The van der Waals surface area contributed by atoms with E-state index in [1.165, 1.54) is 18.2 Å². The molecule has 100 valence electrons. The molecule has 0 aliphatic carbocycles. The van der Waals surface area contributed by atoms with Gasteiger partial charge in [0.15, 0.2) is 0 Å². The first-order valence-corrected chi connectivity index (χ1v) is 6.05. The molecule has 2 aromatic rings. The maximum atomic E-state index is 13.0. The Bertz CT molecular complexity index is 555. The summed E-state index contributed by atoms with van der Waals surface area (Å²) in [6.45, 7) is 0.0639. The van der Waals surface area contributed by atoms with Gasteiger partial charge in [-0.25, -0.2) is 4.39 Å². The van der Waals surface area contributed by atoms with E-state index >= 15 is 0 Å². The first-order valence-electron chi connectivity index (χ1n) is 6.05. The van der Waals surface area contributed by atoms with E-state index in [4.69, 9.17) is 9.84 Å². The lowest BCUT2D eigenvalue weighted by atomic mass is 10.1. The molecular weight excluding hydrogens is 247 g/mol. The van der Waals surface area contributed by atoms with Gasteiger partial charge in [0.25, 0.3) is 0 Å². The monoisotopic (exact) mass is 262 g/mol. The van der Waals surface area contributed by atoms with Crippen molar-refractivity contribution in [3.63, 3.8) is 0 Å². The molecule has 0 aliphatic heterocycles. The maximum absolute atomic E-state index is 13.0. The van der Waals surface area contributed by atoms with Gasteiger partial charge in [-0.3, -0.25) is 0 Å². The normalized spacial score (nSPS) is 10.4.